The van der Waals surface area contributed by atoms with Crippen LogP contribution in [0.15, 0.2) is 69.2 Å². The first-order chi connectivity index (χ1) is 14.1. The second-order valence-corrected chi connectivity index (χ2v) is 9.38. The summed E-state index contributed by atoms with van der Waals surface area (Å²) in [5, 5.41) is 3.21. The second-order valence-electron chi connectivity index (χ2n) is 7.06. The molecule has 0 radical (unpaired) electrons. The molecular formula is C22H21ClN2O4S. The predicted octanol–water partition coefficient (Wildman–Crippen LogP) is 3.90. The summed E-state index contributed by atoms with van der Waals surface area (Å²) in [6.45, 7) is 4.77. The molecule has 0 aliphatic heterocycles. The largest absolute Gasteiger partial charge is 0.325 e. The van der Waals surface area contributed by atoms with E-state index in [9.17, 15) is 18.0 Å². The lowest BCUT2D eigenvalue weighted by atomic mass is 10.2. The molecule has 3 rings (SSSR count). The normalized spacial score (nSPS) is 11.3. The Bertz CT molecular complexity index is 1260. The van der Waals surface area contributed by atoms with Crippen LogP contribution in [-0.2, 0) is 21.2 Å². The first-order valence-electron chi connectivity index (χ1n) is 9.18. The minimum absolute atomic E-state index is 0.0364. The summed E-state index contributed by atoms with van der Waals surface area (Å²) in [6.07, 6.45) is 0. The lowest BCUT2D eigenvalue weighted by Gasteiger charge is -2.15. The van der Waals surface area contributed by atoms with E-state index in [2.05, 4.69) is 5.32 Å². The van der Waals surface area contributed by atoms with E-state index >= 15 is 0 Å². The minimum Gasteiger partial charge on any atom is -0.325 e. The Morgan fingerprint density at radius 3 is 2.20 bits per heavy atom. The van der Waals surface area contributed by atoms with E-state index in [0.717, 1.165) is 5.56 Å². The van der Waals surface area contributed by atoms with Gasteiger partial charge in [-0.3, -0.25) is 9.59 Å². The van der Waals surface area contributed by atoms with Gasteiger partial charge in [0.05, 0.1) is 4.90 Å². The molecule has 0 saturated carbocycles. The Balaban J connectivity index is 1.99. The summed E-state index contributed by atoms with van der Waals surface area (Å²) in [7, 11) is -4.04. The van der Waals surface area contributed by atoms with Crippen LogP contribution < -0.4 is 10.9 Å². The maximum atomic E-state index is 13.1. The number of carbonyl (C=O) groups excluding carboxylic acids is 1. The van der Waals surface area contributed by atoms with Gasteiger partial charge in [0.2, 0.25) is 15.7 Å². The summed E-state index contributed by atoms with van der Waals surface area (Å²) in [4.78, 5) is 25.3. The predicted molar refractivity (Wildman–Crippen MR) is 117 cm³/mol. The molecule has 1 amide bonds. The molecule has 0 aliphatic carbocycles. The summed E-state index contributed by atoms with van der Waals surface area (Å²) < 4.78 is 27.4. The number of hydrogen-bond acceptors (Lipinski definition) is 4. The monoisotopic (exact) mass is 444 g/mol. The molecule has 0 spiro atoms. The molecule has 1 aromatic heterocycles. The average molecular weight is 445 g/mol. The van der Waals surface area contributed by atoms with Crippen LogP contribution in [-0.4, -0.2) is 18.9 Å². The third-order valence-corrected chi connectivity index (χ3v) is 6.86. The van der Waals surface area contributed by atoms with Crippen molar-refractivity contribution in [3.8, 4) is 0 Å². The third-order valence-electron chi connectivity index (χ3n) is 4.68. The average Bonchev–Trinajstić information content (AvgIpc) is 2.67. The number of sulfone groups is 1. The number of anilines is 1. The van der Waals surface area contributed by atoms with Gasteiger partial charge in [-0.15, -0.1) is 0 Å². The first-order valence-corrected chi connectivity index (χ1v) is 11.0. The van der Waals surface area contributed by atoms with Crippen molar-refractivity contribution in [2.45, 2.75) is 37.1 Å². The van der Waals surface area contributed by atoms with Gasteiger partial charge in [-0.05, 0) is 68.8 Å². The number of rotatable bonds is 5. The molecule has 3 aromatic rings. The highest BCUT2D eigenvalue weighted by molar-refractivity contribution is 7.91. The molecule has 2 aromatic carbocycles. The molecular weight excluding hydrogens is 424 g/mol. The van der Waals surface area contributed by atoms with Crippen LogP contribution in [0.3, 0.4) is 0 Å². The van der Waals surface area contributed by atoms with Crippen LogP contribution in [0.2, 0.25) is 5.02 Å². The Morgan fingerprint density at radius 1 is 1.00 bits per heavy atom. The molecule has 0 saturated heterocycles. The van der Waals surface area contributed by atoms with Crippen LogP contribution in [0.1, 0.15) is 16.8 Å². The van der Waals surface area contributed by atoms with Gasteiger partial charge in [-0.2, -0.15) is 0 Å². The molecule has 1 heterocycles. The fourth-order valence-electron chi connectivity index (χ4n) is 3.14. The highest BCUT2D eigenvalue weighted by Gasteiger charge is 2.26. The maximum Gasteiger partial charge on any atom is 0.270 e. The lowest BCUT2D eigenvalue weighted by Crippen LogP contribution is -2.33. The number of amides is 1. The lowest BCUT2D eigenvalue weighted by molar-refractivity contribution is -0.116. The van der Waals surface area contributed by atoms with Gasteiger partial charge in [0, 0.05) is 16.4 Å². The number of nitrogens with one attached hydrogen (secondary N) is 1. The standard InChI is InChI=1S/C22H21ClN2O4S/c1-14-4-10-19(11-5-14)30(28,29)21-15(2)12-16(3)25(22(21)27)13-20(26)24-18-8-6-17(23)7-9-18/h4-12H,13H2,1-3H3,(H,24,26). The number of benzene rings is 2. The van der Waals surface area contributed by atoms with Crippen LogP contribution in [0.4, 0.5) is 5.69 Å². The molecule has 156 valence electrons. The quantitative estimate of drug-likeness (QED) is 0.646. The molecule has 1 N–H and O–H groups in total. The zero-order valence-corrected chi connectivity index (χ0v) is 18.3. The van der Waals surface area contributed by atoms with Crippen LogP contribution in [0.5, 0.6) is 0 Å². The highest BCUT2D eigenvalue weighted by Crippen LogP contribution is 2.22. The van der Waals surface area contributed by atoms with E-state index < -0.39 is 21.3 Å². The first kappa shape index (κ1) is 21.8. The number of carbonyl (C=O) groups is 1. The van der Waals surface area contributed by atoms with E-state index in [1.165, 1.54) is 16.7 Å². The minimum atomic E-state index is -4.04. The maximum absolute atomic E-state index is 13.1. The molecule has 0 unspecified atom stereocenters. The molecule has 0 aliphatic rings. The van der Waals surface area contributed by atoms with E-state index in [4.69, 9.17) is 11.6 Å². The molecule has 6 nitrogen and oxygen atoms in total. The fraction of sp³-hybridized carbons (Fsp3) is 0.182. The van der Waals surface area contributed by atoms with Gasteiger partial charge >= 0.3 is 0 Å². The van der Waals surface area contributed by atoms with Crippen molar-refractivity contribution >= 4 is 33.0 Å². The molecule has 0 fully saturated rings. The second kappa shape index (κ2) is 8.45. The summed E-state index contributed by atoms with van der Waals surface area (Å²) in [6, 6.07) is 14.4. The number of aryl methyl sites for hydroxylation is 3. The van der Waals surface area contributed by atoms with Gasteiger partial charge in [-0.25, -0.2) is 8.42 Å². The van der Waals surface area contributed by atoms with Crippen molar-refractivity contribution in [2.24, 2.45) is 0 Å². The number of halogens is 1. The van der Waals surface area contributed by atoms with Gasteiger partial charge in [0.1, 0.15) is 11.4 Å². The number of aromatic nitrogens is 1. The number of nitrogens with zero attached hydrogens (tertiary/aromatic N) is 1. The zero-order valence-electron chi connectivity index (χ0n) is 16.8. The van der Waals surface area contributed by atoms with Gasteiger partial charge in [0.15, 0.2) is 0 Å². The van der Waals surface area contributed by atoms with E-state index in [1.54, 1.807) is 56.3 Å². The van der Waals surface area contributed by atoms with E-state index in [1.807, 2.05) is 6.92 Å². The number of pyridine rings is 1. The Morgan fingerprint density at radius 2 is 1.60 bits per heavy atom. The number of hydrogen-bond donors (Lipinski definition) is 1. The van der Waals surface area contributed by atoms with Gasteiger partial charge in [0.25, 0.3) is 5.56 Å². The van der Waals surface area contributed by atoms with E-state index in [0.29, 0.717) is 22.0 Å². The Hall–Kier alpha value is -2.90. The summed E-state index contributed by atoms with van der Waals surface area (Å²) in [5.74, 6) is -0.454. The third kappa shape index (κ3) is 4.47. The molecule has 8 heteroatoms. The van der Waals surface area contributed by atoms with Crippen LogP contribution in [0, 0.1) is 20.8 Å². The molecule has 0 bridgehead atoms. The van der Waals surface area contributed by atoms with E-state index in [-0.39, 0.29) is 16.3 Å². The van der Waals surface area contributed by atoms with Crippen molar-refractivity contribution in [3.05, 3.63) is 86.8 Å². The van der Waals surface area contributed by atoms with Crippen molar-refractivity contribution < 1.29 is 13.2 Å². The smallest absolute Gasteiger partial charge is 0.270 e. The van der Waals surface area contributed by atoms with Crippen LogP contribution >= 0.6 is 11.6 Å². The topological polar surface area (TPSA) is 85.2 Å². The molecule has 30 heavy (non-hydrogen) atoms. The Kier molecular flexibility index (Phi) is 6.14. The fourth-order valence-corrected chi connectivity index (χ4v) is 4.82. The van der Waals surface area contributed by atoms with Crippen molar-refractivity contribution in [1.82, 2.24) is 4.57 Å². The van der Waals surface area contributed by atoms with Gasteiger partial charge < -0.3 is 9.88 Å². The SMILES string of the molecule is Cc1ccc(S(=O)(=O)c2c(C)cc(C)n(CC(=O)Nc3ccc(Cl)cc3)c2=O)cc1. The van der Waals surface area contributed by atoms with Gasteiger partial charge in [-0.1, -0.05) is 29.3 Å². The van der Waals surface area contributed by atoms with Crippen LogP contribution in [0.25, 0.3) is 0 Å². The summed E-state index contributed by atoms with van der Waals surface area (Å²) >= 11 is 5.84. The van der Waals surface area contributed by atoms with Crippen molar-refractivity contribution in [3.63, 3.8) is 0 Å². The summed E-state index contributed by atoms with van der Waals surface area (Å²) in [5.41, 5.74) is 1.54. The Labute approximate surface area is 180 Å². The van der Waals surface area contributed by atoms with Crippen molar-refractivity contribution in [1.29, 1.82) is 0 Å². The molecule has 0 atom stereocenters. The highest BCUT2D eigenvalue weighted by atomic mass is 35.5. The zero-order chi connectivity index (χ0) is 22.1. The van der Waals surface area contributed by atoms with Crippen molar-refractivity contribution in [2.75, 3.05) is 5.32 Å².